The summed E-state index contributed by atoms with van der Waals surface area (Å²) in [5, 5.41) is 0. The SMILES string of the molecule is CCCCOCCOC(=O)Cn1ccc(C)cc1=O. The fourth-order valence-electron chi connectivity index (χ4n) is 1.49. The van der Waals surface area contributed by atoms with Crippen LogP contribution in [0, 0.1) is 6.92 Å². The summed E-state index contributed by atoms with van der Waals surface area (Å²) in [6, 6.07) is 3.27. The first-order valence-electron chi connectivity index (χ1n) is 6.54. The van der Waals surface area contributed by atoms with Crippen molar-refractivity contribution in [2.45, 2.75) is 33.2 Å². The molecule has 106 valence electrons. The highest BCUT2D eigenvalue weighted by molar-refractivity contribution is 5.69. The molecule has 1 rings (SSSR count). The van der Waals surface area contributed by atoms with Crippen LogP contribution < -0.4 is 5.56 Å². The number of carbonyl (C=O) groups is 1. The molecule has 0 atom stereocenters. The molecule has 0 bridgehead atoms. The van der Waals surface area contributed by atoms with E-state index in [2.05, 4.69) is 6.92 Å². The highest BCUT2D eigenvalue weighted by Crippen LogP contribution is 1.93. The number of unbranched alkanes of at least 4 members (excludes halogenated alkanes) is 1. The largest absolute Gasteiger partial charge is 0.462 e. The number of nitrogens with zero attached hydrogens (tertiary/aromatic N) is 1. The van der Waals surface area contributed by atoms with Crippen LogP contribution in [0.3, 0.4) is 0 Å². The lowest BCUT2D eigenvalue weighted by molar-refractivity contribution is -0.146. The number of rotatable bonds is 8. The molecule has 0 amide bonds. The highest BCUT2D eigenvalue weighted by Gasteiger charge is 2.05. The van der Waals surface area contributed by atoms with Gasteiger partial charge in [-0.2, -0.15) is 0 Å². The van der Waals surface area contributed by atoms with Gasteiger partial charge in [-0.1, -0.05) is 13.3 Å². The number of aromatic nitrogens is 1. The molecule has 0 unspecified atom stereocenters. The Kier molecular flexibility index (Phi) is 6.89. The Labute approximate surface area is 113 Å². The Morgan fingerprint density at radius 2 is 2.11 bits per heavy atom. The molecular formula is C14H21NO4. The number of carbonyl (C=O) groups excluding carboxylic acids is 1. The zero-order chi connectivity index (χ0) is 14.1. The Morgan fingerprint density at radius 3 is 2.79 bits per heavy atom. The molecule has 0 N–H and O–H groups in total. The summed E-state index contributed by atoms with van der Waals surface area (Å²) in [6.45, 7) is 5.16. The average Bonchev–Trinajstić information content (AvgIpc) is 2.37. The molecule has 1 aromatic heterocycles. The number of hydrogen-bond acceptors (Lipinski definition) is 4. The van der Waals surface area contributed by atoms with Gasteiger partial charge in [0, 0.05) is 18.9 Å². The topological polar surface area (TPSA) is 57.5 Å². The monoisotopic (exact) mass is 267 g/mol. The van der Waals surface area contributed by atoms with Gasteiger partial charge in [0.15, 0.2) is 0 Å². The van der Waals surface area contributed by atoms with E-state index in [1.165, 1.54) is 10.6 Å². The second-order valence-corrected chi connectivity index (χ2v) is 4.36. The Morgan fingerprint density at radius 1 is 1.32 bits per heavy atom. The summed E-state index contributed by atoms with van der Waals surface area (Å²) >= 11 is 0. The van der Waals surface area contributed by atoms with E-state index in [0.717, 1.165) is 18.4 Å². The van der Waals surface area contributed by atoms with E-state index in [4.69, 9.17) is 9.47 Å². The summed E-state index contributed by atoms with van der Waals surface area (Å²) in [6.07, 6.45) is 3.68. The fourth-order valence-corrected chi connectivity index (χ4v) is 1.49. The first-order chi connectivity index (χ1) is 9.13. The Hall–Kier alpha value is -1.62. The van der Waals surface area contributed by atoms with Crippen molar-refractivity contribution in [3.8, 4) is 0 Å². The number of ether oxygens (including phenoxy) is 2. The molecule has 5 nitrogen and oxygen atoms in total. The predicted molar refractivity (Wildman–Crippen MR) is 72.1 cm³/mol. The number of aryl methyl sites for hydroxylation is 1. The lowest BCUT2D eigenvalue weighted by Gasteiger charge is -2.07. The van der Waals surface area contributed by atoms with E-state index in [1.54, 1.807) is 12.3 Å². The maximum atomic E-state index is 11.6. The van der Waals surface area contributed by atoms with E-state index >= 15 is 0 Å². The van der Waals surface area contributed by atoms with E-state index in [0.29, 0.717) is 13.2 Å². The van der Waals surface area contributed by atoms with Gasteiger partial charge >= 0.3 is 5.97 Å². The fraction of sp³-hybridized carbons (Fsp3) is 0.571. The van der Waals surface area contributed by atoms with Crippen LogP contribution in [0.1, 0.15) is 25.3 Å². The standard InChI is InChI=1S/C14H21NO4/c1-3-4-7-18-8-9-19-14(17)11-15-6-5-12(2)10-13(15)16/h5-6,10H,3-4,7-9,11H2,1-2H3. The molecule has 0 saturated carbocycles. The van der Waals surface area contributed by atoms with E-state index < -0.39 is 5.97 Å². The molecule has 1 heterocycles. The van der Waals surface area contributed by atoms with Gasteiger partial charge in [0.25, 0.3) is 5.56 Å². The van der Waals surface area contributed by atoms with Crippen LogP contribution in [-0.4, -0.2) is 30.4 Å². The molecule has 0 aliphatic rings. The van der Waals surface area contributed by atoms with Gasteiger partial charge in [0.2, 0.25) is 0 Å². The molecule has 0 aliphatic carbocycles. The van der Waals surface area contributed by atoms with Crippen molar-refractivity contribution in [2.75, 3.05) is 19.8 Å². The third-order valence-corrected chi connectivity index (χ3v) is 2.58. The molecule has 0 aliphatic heterocycles. The van der Waals surface area contributed by atoms with Gasteiger partial charge in [0.1, 0.15) is 13.2 Å². The van der Waals surface area contributed by atoms with Crippen LogP contribution in [0.15, 0.2) is 23.1 Å². The van der Waals surface area contributed by atoms with E-state index in [1.807, 2.05) is 6.92 Å². The summed E-state index contributed by atoms with van der Waals surface area (Å²) in [7, 11) is 0. The zero-order valence-electron chi connectivity index (χ0n) is 11.6. The summed E-state index contributed by atoms with van der Waals surface area (Å²) < 4.78 is 11.6. The van der Waals surface area contributed by atoms with Gasteiger partial charge in [-0.15, -0.1) is 0 Å². The van der Waals surface area contributed by atoms with Gasteiger partial charge in [-0.25, -0.2) is 0 Å². The molecule has 0 aromatic carbocycles. The molecule has 5 heteroatoms. The van der Waals surface area contributed by atoms with Crippen molar-refractivity contribution in [1.82, 2.24) is 4.57 Å². The molecular weight excluding hydrogens is 246 g/mol. The van der Waals surface area contributed by atoms with Crippen LogP contribution in [0.5, 0.6) is 0 Å². The maximum absolute atomic E-state index is 11.6. The van der Waals surface area contributed by atoms with Crippen molar-refractivity contribution in [1.29, 1.82) is 0 Å². The molecule has 19 heavy (non-hydrogen) atoms. The van der Waals surface area contributed by atoms with Crippen molar-refractivity contribution in [3.63, 3.8) is 0 Å². The van der Waals surface area contributed by atoms with Crippen molar-refractivity contribution in [2.24, 2.45) is 0 Å². The van der Waals surface area contributed by atoms with Gasteiger partial charge < -0.3 is 14.0 Å². The van der Waals surface area contributed by atoms with Crippen LogP contribution in [-0.2, 0) is 20.8 Å². The Balaban J connectivity index is 2.26. The minimum atomic E-state index is -0.426. The first-order valence-corrected chi connectivity index (χ1v) is 6.54. The second kappa shape index (κ2) is 8.48. The lowest BCUT2D eigenvalue weighted by atomic mass is 10.3. The summed E-state index contributed by atoms with van der Waals surface area (Å²) in [5.74, 6) is -0.426. The van der Waals surface area contributed by atoms with Gasteiger partial charge in [-0.05, 0) is 25.0 Å². The van der Waals surface area contributed by atoms with Crippen molar-refractivity contribution < 1.29 is 14.3 Å². The molecule has 0 saturated heterocycles. The van der Waals surface area contributed by atoms with Crippen LogP contribution in [0.2, 0.25) is 0 Å². The first kappa shape index (κ1) is 15.4. The summed E-state index contributed by atoms with van der Waals surface area (Å²) in [4.78, 5) is 23.1. The predicted octanol–water partition coefficient (Wildman–Crippen LogP) is 1.52. The van der Waals surface area contributed by atoms with Crippen molar-refractivity contribution >= 4 is 5.97 Å². The van der Waals surface area contributed by atoms with Crippen LogP contribution in [0.4, 0.5) is 0 Å². The summed E-state index contributed by atoms with van der Waals surface area (Å²) in [5.41, 5.74) is 0.676. The minimum absolute atomic E-state index is 0.0614. The van der Waals surface area contributed by atoms with Gasteiger partial charge in [-0.3, -0.25) is 9.59 Å². The van der Waals surface area contributed by atoms with E-state index in [9.17, 15) is 9.59 Å². The maximum Gasteiger partial charge on any atom is 0.326 e. The average molecular weight is 267 g/mol. The molecule has 1 aromatic rings. The number of pyridine rings is 1. The normalized spacial score (nSPS) is 10.4. The smallest absolute Gasteiger partial charge is 0.326 e. The number of hydrogen-bond donors (Lipinski definition) is 0. The van der Waals surface area contributed by atoms with Crippen molar-refractivity contribution in [3.05, 3.63) is 34.2 Å². The van der Waals surface area contributed by atoms with Crippen LogP contribution >= 0.6 is 0 Å². The third-order valence-electron chi connectivity index (χ3n) is 2.58. The molecule has 0 fully saturated rings. The zero-order valence-corrected chi connectivity index (χ0v) is 11.6. The highest BCUT2D eigenvalue weighted by atomic mass is 16.6. The van der Waals surface area contributed by atoms with Gasteiger partial charge in [0.05, 0.1) is 6.61 Å². The second-order valence-electron chi connectivity index (χ2n) is 4.36. The Bertz CT molecular complexity index is 453. The third kappa shape index (κ3) is 6.20. The van der Waals surface area contributed by atoms with E-state index in [-0.39, 0.29) is 18.7 Å². The quantitative estimate of drug-likeness (QED) is 0.529. The molecule has 0 radical (unpaired) electrons. The molecule has 0 spiro atoms. The minimum Gasteiger partial charge on any atom is -0.462 e. The van der Waals surface area contributed by atoms with Crippen LogP contribution in [0.25, 0.3) is 0 Å². The number of esters is 1. The lowest BCUT2D eigenvalue weighted by Crippen LogP contribution is -2.25.